The maximum Gasteiger partial charge on any atom is 0.347 e. The van der Waals surface area contributed by atoms with Gasteiger partial charge in [-0.05, 0) is 24.3 Å². The van der Waals surface area contributed by atoms with Gasteiger partial charge in [-0.2, -0.15) is 5.21 Å². The fourth-order valence-electron chi connectivity index (χ4n) is 2.24. The zero-order valence-electron chi connectivity index (χ0n) is 13.7. The molecule has 0 atom stereocenters. The van der Waals surface area contributed by atoms with Crippen LogP contribution in [0.4, 0.5) is 0 Å². The first kappa shape index (κ1) is 17.1. The summed E-state index contributed by atoms with van der Waals surface area (Å²) in [5, 5.41) is 14.1. The molecule has 0 fully saturated rings. The zero-order chi connectivity index (χ0) is 17.5. The number of hydrogen-bond donors (Lipinski definition) is 1. The summed E-state index contributed by atoms with van der Waals surface area (Å²) in [4.78, 5) is 12.2. The van der Waals surface area contributed by atoms with Crippen LogP contribution < -0.4 is 10.4 Å². The number of rotatable bonds is 9. The van der Waals surface area contributed by atoms with Gasteiger partial charge in [0.25, 0.3) is 0 Å². The highest BCUT2D eigenvalue weighted by Gasteiger charge is 2.14. The topological polar surface area (TPSA) is 112 Å². The van der Waals surface area contributed by atoms with E-state index in [-0.39, 0.29) is 11.4 Å². The van der Waals surface area contributed by atoms with Gasteiger partial charge in [-0.1, -0.05) is 12.1 Å². The molecule has 132 valence electrons. The molecule has 0 amide bonds. The van der Waals surface area contributed by atoms with Crippen molar-refractivity contribution in [3.8, 4) is 17.1 Å². The van der Waals surface area contributed by atoms with Crippen molar-refractivity contribution in [2.45, 2.75) is 6.92 Å². The smallest absolute Gasteiger partial charge is 0.347 e. The van der Waals surface area contributed by atoms with Gasteiger partial charge in [0.05, 0.1) is 19.8 Å². The Morgan fingerprint density at radius 3 is 2.80 bits per heavy atom. The fourth-order valence-corrected chi connectivity index (χ4v) is 2.24. The molecule has 1 N–H and O–H groups in total. The molecule has 0 radical (unpaired) electrons. The minimum absolute atomic E-state index is 0.185. The van der Waals surface area contributed by atoms with Crippen molar-refractivity contribution < 1.29 is 18.6 Å². The maximum absolute atomic E-state index is 12.2. The number of nitrogens with one attached hydrogen (secondary N) is 1. The predicted octanol–water partition coefficient (Wildman–Crippen LogP) is 1.41. The van der Waals surface area contributed by atoms with Crippen LogP contribution in [-0.4, -0.2) is 53.7 Å². The molecule has 0 saturated heterocycles. The van der Waals surface area contributed by atoms with E-state index in [1.165, 1.54) is 0 Å². The summed E-state index contributed by atoms with van der Waals surface area (Å²) in [6.45, 7) is 4.41. The molecule has 0 aliphatic carbocycles. The van der Waals surface area contributed by atoms with Crippen molar-refractivity contribution in [2.75, 3.05) is 33.0 Å². The van der Waals surface area contributed by atoms with Gasteiger partial charge in [-0.15, -0.1) is 10.2 Å². The van der Waals surface area contributed by atoms with Crippen LogP contribution in [-0.2, 0) is 9.47 Å². The lowest BCUT2D eigenvalue weighted by molar-refractivity contribution is 0.0405. The number of tetrazole rings is 1. The molecule has 25 heavy (non-hydrogen) atoms. The lowest BCUT2D eigenvalue weighted by Crippen LogP contribution is -2.11. The molecule has 9 heteroatoms. The second kappa shape index (κ2) is 8.36. The number of hydrogen-bond acceptors (Lipinski definition) is 8. The van der Waals surface area contributed by atoms with Gasteiger partial charge in [0.1, 0.15) is 12.2 Å². The van der Waals surface area contributed by atoms with E-state index >= 15 is 0 Å². The molecule has 3 rings (SSSR count). The van der Waals surface area contributed by atoms with Crippen molar-refractivity contribution in [1.29, 1.82) is 0 Å². The van der Waals surface area contributed by atoms with E-state index in [2.05, 4.69) is 20.6 Å². The molecular formula is C16H18N4O5. The molecule has 3 aromatic rings. The third-order valence-electron chi connectivity index (χ3n) is 3.37. The normalized spacial score (nSPS) is 11.1. The average Bonchev–Trinajstić information content (AvgIpc) is 3.15. The van der Waals surface area contributed by atoms with Crippen molar-refractivity contribution in [3.05, 3.63) is 34.7 Å². The lowest BCUT2D eigenvalue weighted by atomic mass is 10.1. The Hall–Kier alpha value is -2.78. The van der Waals surface area contributed by atoms with Crippen molar-refractivity contribution in [2.24, 2.45) is 0 Å². The van der Waals surface area contributed by atoms with Crippen LogP contribution in [0.15, 0.2) is 33.5 Å². The summed E-state index contributed by atoms with van der Waals surface area (Å²) < 4.78 is 21.6. The molecular weight excluding hydrogens is 328 g/mol. The van der Waals surface area contributed by atoms with Crippen LogP contribution in [0.2, 0.25) is 0 Å². The monoisotopic (exact) mass is 346 g/mol. The van der Waals surface area contributed by atoms with E-state index in [1.807, 2.05) is 19.1 Å². The Labute approximate surface area is 142 Å². The summed E-state index contributed by atoms with van der Waals surface area (Å²) in [6, 6.07) is 7.01. The van der Waals surface area contributed by atoms with E-state index in [0.717, 1.165) is 0 Å². The van der Waals surface area contributed by atoms with E-state index in [9.17, 15) is 4.79 Å². The summed E-state index contributed by atoms with van der Waals surface area (Å²) in [7, 11) is 0. The minimum atomic E-state index is -0.557. The van der Waals surface area contributed by atoms with Crippen LogP contribution in [0, 0.1) is 0 Å². The summed E-state index contributed by atoms with van der Waals surface area (Å²) in [6.07, 6.45) is 0. The number of para-hydroxylation sites is 1. The van der Waals surface area contributed by atoms with Gasteiger partial charge < -0.3 is 18.6 Å². The second-order valence-electron chi connectivity index (χ2n) is 5.02. The van der Waals surface area contributed by atoms with E-state index in [1.54, 1.807) is 12.1 Å². The van der Waals surface area contributed by atoms with Gasteiger partial charge in [-0.3, -0.25) is 0 Å². The van der Waals surface area contributed by atoms with Gasteiger partial charge in [-0.25, -0.2) is 4.79 Å². The van der Waals surface area contributed by atoms with Gasteiger partial charge in [0, 0.05) is 12.0 Å². The molecule has 1 aromatic carbocycles. The molecule has 0 aliphatic rings. The molecule has 0 unspecified atom stereocenters. The van der Waals surface area contributed by atoms with Crippen LogP contribution in [0.25, 0.3) is 22.4 Å². The molecule has 0 aliphatic heterocycles. The number of ether oxygens (including phenoxy) is 3. The Morgan fingerprint density at radius 1 is 1.16 bits per heavy atom. The summed E-state index contributed by atoms with van der Waals surface area (Å²) in [5.41, 5.74) is 0.0460. The number of nitrogens with zero attached hydrogens (tertiary/aromatic N) is 3. The number of benzene rings is 1. The van der Waals surface area contributed by atoms with E-state index < -0.39 is 5.63 Å². The first-order valence-corrected chi connectivity index (χ1v) is 7.88. The SMILES string of the molecule is CCOCCOCCOc1cccc2cc(-c3nn[nH]n3)c(=O)oc12. The molecule has 0 spiro atoms. The molecule has 0 bridgehead atoms. The Kier molecular flexibility index (Phi) is 5.70. The maximum atomic E-state index is 12.2. The van der Waals surface area contributed by atoms with Crippen LogP contribution in [0.5, 0.6) is 5.75 Å². The van der Waals surface area contributed by atoms with Gasteiger partial charge in [0.2, 0.25) is 5.82 Å². The third kappa shape index (κ3) is 4.20. The van der Waals surface area contributed by atoms with Gasteiger partial charge in [0.15, 0.2) is 11.3 Å². The quantitative estimate of drug-likeness (QED) is 0.457. The summed E-state index contributed by atoms with van der Waals surface area (Å²) >= 11 is 0. The first-order chi connectivity index (χ1) is 12.3. The van der Waals surface area contributed by atoms with Crippen LogP contribution >= 0.6 is 0 Å². The predicted molar refractivity (Wildman–Crippen MR) is 88.5 cm³/mol. The van der Waals surface area contributed by atoms with Crippen molar-refractivity contribution in [3.63, 3.8) is 0 Å². The van der Waals surface area contributed by atoms with Gasteiger partial charge >= 0.3 is 5.63 Å². The van der Waals surface area contributed by atoms with Crippen LogP contribution in [0.3, 0.4) is 0 Å². The molecule has 9 nitrogen and oxygen atoms in total. The Morgan fingerprint density at radius 2 is 2.00 bits per heavy atom. The largest absolute Gasteiger partial charge is 0.487 e. The van der Waals surface area contributed by atoms with Crippen LogP contribution in [0.1, 0.15) is 6.92 Å². The zero-order valence-corrected chi connectivity index (χ0v) is 13.7. The molecule has 2 heterocycles. The summed E-state index contributed by atoms with van der Waals surface area (Å²) in [5.74, 6) is 0.660. The number of aromatic amines is 1. The standard InChI is InChI=1S/C16H18N4O5/c1-2-22-6-7-23-8-9-24-13-5-3-4-11-10-12(15-17-19-20-18-15)16(21)25-14(11)13/h3-5,10H,2,6-9H2,1H3,(H,17,18,19,20). The molecule has 0 saturated carbocycles. The van der Waals surface area contributed by atoms with E-state index in [0.29, 0.717) is 49.8 Å². The Bertz CT molecular complexity index is 863. The number of H-pyrrole nitrogens is 1. The minimum Gasteiger partial charge on any atom is -0.487 e. The Balaban J connectivity index is 1.70. The van der Waals surface area contributed by atoms with Crippen molar-refractivity contribution >= 4 is 11.0 Å². The highest BCUT2D eigenvalue weighted by Crippen LogP contribution is 2.26. The second-order valence-corrected chi connectivity index (χ2v) is 5.02. The van der Waals surface area contributed by atoms with Crippen molar-refractivity contribution in [1.82, 2.24) is 20.6 Å². The highest BCUT2D eigenvalue weighted by molar-refractivity contribution is 5.85. The number of fused-ring (bicyclic) bond motifs is 1. The lowest BCUT2D eigenvalue weighted by Gasteiger charge is -2.09. The average molecular weight is 346 g/mol. The molecule has 2 aromatic heterocycles. The fraction of sp³-hybridized carbons (Fsp3) is 0.375. The van der Waals surface area contributed by atoms with E-state index in [4.69, 9.17) is 18.6 Å². The highest BCUT2D eigenvalue weighted by atomic mass is 16.5. The number of aromatic nitrogens is 4. The third-order valence-corrected chi connectivity index (χ3v) is 3.37. The first-order valence-electron chi connectivity index (χ1n) is 7.88.